The van der Waals surface area contributed by atoms with Crippen LogP contribution in [0.5, 0.6) is 0 Å². The van der Waals surface area contributed by atoms with Gasteiger partial charge in [-0.3, -0.25) is 9.48 Å². The van der Waals surface area contributed by atoms with Gasteiger partial charge in [0.1, 0.15) is 0 Å². The smallest absolute Gasteiger partial charge is 0.216 e. The van der Waals surface area contributed by atoms with Crippen molar-refractivity contribution in [2.24, 2.45) is 46.5 Å². The van der Waals surface area contributed by atoms with Gasteiger partial charge in [-0.25, -0.2) is 4.68 Å². The van der Waals surface area contributed by atoms with Crippen molar-refractivity contribution < 1.29 is 4.79 Å². The van der Waals surface area contributed by atoms with E-state index in [9.17, 15) is 4.79 Å². The molecule has 2 aromatic rings. The van der Waals surface area contributed by atoms with Crippen LogP contribution < -0.4 is 5.32 Å². The Bertz CT molecular complexity index is 1340. The molecule has 0 radical (unpaired) electrons. The molecule has 2 aliphatic rings. The zero-order valence-corrected chi connectivity index (χ0v) is 39.5. The normalized spacial score (nSPS) is 16.8. The molecular weight excluding hydrogens is 721 g/mol. The fraction of sp³-hybridized carbons (Fsp3) is 0.894. The predicted octanol–water partition coefficient (Wildman–Crippen LogP) is 12.8. The standard InChI is InChI=1S/C18H31N3.C13H25N3.C9H19NO.C7H15N3/c1-4-14-15-8-10-17-18(11-9-16(14)15)21(20-19-17)12-6-5-7-13(2)3;1-4-5-9-13-11-16(15-14-13)10-7-6-8-12(2)3;1-8(2)6-4-5-7-10-9(3)11;1-7(2)5-3-4-6-9-10-8/h13-16H,4-12H2,1-3H3;11-12H,4-10H2,1-3H3;8H,4-7H2,1-3H3,(H,10,11);7H,3-6H2,1-2H3/t14-,15-,16+;;;/m0.../s1. The van der Waals surface area contributed by atoms with Crippen LogP contribution in [0, 0.1) is 41.4 Å². The summed E-state index contributed by atoms with van der Waals surface area (Å²) in [6, 6.07) is 0. The van der Waals surface area contributed by atoms with Crippen molar-refractivity contribution in [3.63, 3.8) is 0 Å². The maximum atomic E-state index is 10.4. The minimum Gasteiger partial charge on any atom is -0.356 e. The summed E-state index contributed by atoms with van der Waals surface area (Å²) < 4.78 is 4.21. The Morgan fingerprint density at radius 3 is 1.90 bits per heavy atom. The Morgan fingerprint density at radius 1 is 0.776 bits per heavy atom. The van der Waals surface area contributed by atoms with Gasteiger partial charge in [0.2, 0.25) is 5.91 Å². The molecule has 0 bridgehead atoms. The lowest BCUT2D eigenvalue weighted by Gasteiger charge is -2.11. The zero-order chi connectivity index (χ0) is 43.1. The fourth-order valence-electron chi connectivity index (χ4n) is 7.89. The summed E-state index contributed by atoms with van der Waals surface area (Å²) in [7, 11) is 0. The summed E-state index contributed by atoms with van der Waals surface area (Å²) in [5.74, 6) is 6.29. The van der Waals surface area contributed by atoms with Crippen molar-refractivity contribution in [1.82, 2.24) is 35.3 Å². The van der Waals surface area contributed by atoms with Gasteiger partial charge in [0.05, 0.1) is 17.1 Å². The maximum absolute atomic E-state index is 10.4. The van der Waals surface area contributed by atoms with E-state index < -0.39 is 0 Å². The number of nitrogens with zero attached hydrogens (tertiary/aromatic N) is 9. The van der Waals surface area contributed by atoms with Gasteiger partial charge >= 0.3 is 0 Å². The molecule has 58 heavy (non-hydrogen) atoms. The van der Waals surface area contributed by atoms with E-state index in [-0.39, 0.29) is 5.91 Å². The zero-order valence-electron chi connectivity index (χ0n) is 39.5. The Balaban J connectivity index is 0.000000407. The number of rotatable bonds is 24. The fourth-order valence-corrected chi connectivity index (χ4v) is 7.89. The van der Waals surface area contributed by atoms with Crippen LogP contribution in [-0.4, -0.2) is 49.0 Å². The van der Waals surface area contributed by atoms with E-state index in [1.165, 1.54) is 121 Å². The van der Waals surface area contributed by atoms with Crippen molar-refractivity contribution in [1.29, 1.82) is 0 Å². The van der Waals surface area contributed by atoms with E-state index in [1.54, 1.807) is 6.92 Å². The molecule has 0 saturated heterocycles. The van der Waals surface area contributed by atoms with E-state index in [0.29, 0.717) is 6.54 Å². The van der Waals surface area contributed by atoms with E-state index in [4.69, 9.17) is 5.53 Å². The Labute approximate surface area is 356 Å². The number of hydrogen-bond acceptors (Lipinski definition) is 6. The second-order valence-electron chi connectivity index (χ2n) is 18.8. The van der Waals surface area contributed by atoms with Gasteiger partial charge in [-0.05, 0) is 111 Å². The van der Waals surface area contributed by atoms with Gasteiger partial charge in [-0.2, -0.15) is 0 Å². The average molecular weight is 811 g/mol. The van der Waals surface area contributed by atoms with Crippen LogP contribution in [0.4, 0.5) is 0 Å². The van der Waals surface area contributed by atoms with Crippen molar-refractivity contribution in [3.05, 3.63) is 33.7 Å². The predicted molar refractivity (Wildman–Crippen MR) is 244 cm³/mol. The van der Waals surface area contributed by atoms with Gasteiger partial charge in [0, 0.05) is 44.2 Å². The Kier molecular flexibility index (Phi) is 30.1. The van der Waals surface area contributed by atoms with Crippen LogP contribution in [-0.2, 0) is 37.1 Å². The van der Waals surface area contributed by atoms with Crippen LogP contribution >= 0.6 is 0 Å². The van der Waals surface area contributed by atoms with E-state index in [1.807, 2.05) is 4.68 Å². The van der Waals surface area contributed by atoms with Crippen molar-refractivity contribution in [3.8, 4) is 0 Å². The highest BCUT2D eigenvalue weighted by atomic mass is 16.1. The van der Waals surface area contributed by atoms with Gasteiger partial charge in [0.25, 0.3) is 0 Å². The van der Waals surface area contributed by atoms with E-state index in [0.717, 1.165) is 86.0 Å². The highest BCUT2D eigenvalue weighted by molar-refractivity contribution is 5.72. The maximum Gasteiger partial charge on any atom is 0.216 e. The monoisotopic (exact) mass is 811 g/mol. The SMILES string of the molecule is CC(=O)NCCCCC(C)C.CC(C)CCCCN=[N+]=[N-].CCCCc1cn(CCCCC(C)C)nn1.CC[C@@H]1[C@H]2CCc3c(nnn3CCCCC(C)C)CC[C@@H]12. The lowest BCUT2D eigenvalue weighted by molar-refractivity contribution is -0.118. The lowest BCUT2D eigenvalue weighted by Crippen LogP contribution is -2.20. The van der Waals surface area contributed by atoms with Crippen LogP contribution in [0.1, 0.15) is 202 Å². The molecule has 0 aromatic carbocycles. The largest absolute Gasteiger partial charge is 0.356 e. The van der Waals surface area contributed by atoms with Crippen LogP contribution in [0.3, 0.4) is 0 Å². The molecule has 2 aliphatic carbocycles. The van der Waals surface area contributed by atoms with Crippen molar-refractivity contribution in [2.75, 3.05) is 13.1 Å². The Morgan fingerprint density at radius 2 is 1.34 bits per heavy atom. The average Bonchev–Trinajstić information content (AvgIpc) is 3.41. The summed E-state index contributed by atoms with van der Waals surface area (Å²) in [6.45, 7) is 27.7. The third-order valence-corrected chi connectivity index (χ3v) is 11.5. The molecule has 0 unspecified atom stereocenters. The van der Waals surface area contributed by atoms with E-state index >= 15 is 0 Å². The first-order valence-electron chi connectivity index (χ1n) is 23.9. The number of aromatic nitrogens is 6. The van der Waals surface area contributed by atoms with E-state index in [2.05, 4.69) is 116 Å². The third kappa shape index (κ3) is 26.2. The highest BCUT2D eigenvalue weighted by Crippen LogP contribution is 2.54. The number of aryl methyl sites for hydroxylation is 4. The first kappa shape index (κ1) is 53.1. The first-order chi connectivity index (χ1) is 27.8. The third-order valence-electron chi connectivity index (χ3n) is 11.5. The summed E-state index contributed by atoms with van der Waals surface area (Å²) in [6.07, 6.45) is 26.8. The molecule has 11 heteroatoms. The van der Waals surface area contributed by atoms with Gasteiger partial charge in [-0.15, -0.1) is 10.2 Å². The number of nitrogens with one attached hydrogen (secondary N) is 1. The summed E-state index contributed by atoms with van der Waals surface area (Å²) in [5.41, 5.74) is 11.8. The second kappa shape index (κ2) is 32.9. The molecule has 3 atom stereocenters. The number of fused-ring (bicyclic) bond motifs is 2. The van der Waals surface area contributed by atoms with Gasteiger partial charge in [0.15, 0.2) is 0 Å². The molecule has 11 nitrogen and oxygen atoms in total. The minimum absolute atomic E-state index is 0.0783. The quantitative estimate of drug-likeness (QED) is 0.0486. The van der Waals surface area contributed by atoms with Crippen LogP contribution in [0.25, 0.3) is 10.4 Å². The number of azide groups is 1. The number of hydrogen-bond donors (Lipinski definition) is 1. The van der Waals surface area contributed by atoms with Crippen LogP contribution in [0.2, 0.25) is 0 Å². The number of unbranched alkanes of at least 4 members (excludes halogenated alkanes) is 5. The molecule has 1 N–H and O–H groups in total. The number of amides is 1. The summed E-state index contributed by atoms with van der Waals surface area (Å²) >= 11 is 0. The van der Waals surface area contributed by atoms with Gasteiger partial charge in [-0.1, -0.05) is 149 Å². The second-order valence-corrected chi connectivity index (χ2v) is 18.8. The van der Waals surface area contributed by atoms with Crippen molar-refractivity contribution in [2.45, 2.75) is 218 Å². The number of carbonyl (C=O) groups excluding carboxylic acids is 1. The van der Waals surface area contributed by atoms with Crippen LogP contribution in [0.15, 0.2) is 11.3 Å². The molecule has 0 spiro atoms. The van der Waals surface area contributed by atoms with Gasteiger partial charge < -0.3 is 5.32 Å². The number of carbonyl (C=O) groups is 1. The summed E-state index contributed by atoms with van der Waals surface area (Å²) in [4.78, 5) is 13.1. The molecule has 1 fully saturated rings. The molecule has 1 amide bonds. The molecule has 2 heterocycles. The molecule has 4 rings (SSSR count). The first-order valence-corrected chi connectivity index (χ1v) is 23.9. The van der Waals surface area contributed by atoms with Crippen molar-refractivity contribution >= 4 is 5.91 Å². The molecule has 2 aromatic heterocycles. The molecule has 334 valence electrons. The molecule has 1 saturated carbocycles. The molecular formula is C47H90N10O. The summed E-state index contributed by atoms with van der Waals surface area (Å²) in [5, 5.41) is 23.5. The highest BCUT2D eigenvalue weighted by Gasteiger charge is 2.48. The topological polar surface area (TPSA) is 139 Å². The molecule has 0 aliphatic heterocycles. The lowest BCUT2D eigenvalue weighted by atomic mass is 10.0. The Hall–Kier alpha value is -2.94. The minimum atomic E-state index is 0.0783.